The molecule has 1 atom stereocenters. The Hall–Kier alpha value is -1.82. The molecule has 0 heterocycles. The Labute approximate surface area is 187 Å². The van der Waals surface area contributed by atoms with E-state index in [-0.39, 0.29) is 0 Å². The molecular formula is C30H46. The Kier molecular flexibility index (Phi) is 11.8. The SMILES string of the molecule is C=C(C)C1CC=C(C)CC1.CC1=CC=C(C(C)C)CC1.Cc1ccc(C(C)C)cc1. The molecule has 0 amide bonds. The predicted molar refractivity (Wildman–Crippen MR) is 137 cm³/mol. The molecule has 0 N–H and O–H groups in total. The Morgan fingerprint density at radius 3 is 1.87 bits per heavy atom. The lowest BCUT2D eigenvalue weighted by atomic mass is 9.86. The zero-order chi connectivity index (χ0) is 22.7. The molecule has 0 aliphatic heterocycles. The maximum atomic E-state index is 3.97. The predicted octanol–water partition coefficient (Wildman–Crippen LogP) is 9.74. The molecule has 166 valence electrons. The normalized spacial score (nSPS) is 18.3. The molecule has 1 unspecified atom stereocenters. The molecule has 0 aromatic heterocycles. The number of allylic oxidation sites excluding steroid dienone is 7. The van der Waals surface area contributed by atoms with Gasteiger partial charge in [-0.25, -0.2) is 0 Å². The van der Waals surface area contributed by atoms with Crippen LogP contribution in [0.1, 0.15) is 97.6 Å². The van der Waals surface area contributed by atoms with Crippen LogP contribution in [-0.4, -0.2) is 0 Å². The Morgan fingerprint density at radius 2 is 1.47 bits per heavy atom. The van der Waals surface area contributed by atoms with E-state index in [0.717, 1.165) is 11.8 Å². The van der Waals surface area contributed by atoms with Gasteiger partial charge >= 0.3 is 0 Å². The van der Waals surface area contributed by atoms with Crippen LogP contribution in [0.5, 0.6) is 0 Å². The minimum Gasteiger partial charge on any atom is -0.0998 e. The summed E-state index contributed by atoms with van der Waals surface area (Å²) >= 11 is 0. The van der Waals surface area contributed by atoms with Crippen molar-refractivity contribution in [3.8, 4) is 0 Å². The molecular weight excluding hydrogens is 360 g/mol. The van der Waals surface area contributed by atoms with E-state index in [0.29, 0.717) is 5.92 Å². The van der Waals surface area contributed by atoms with E-state index in [1.165, 1.54) is 54.4 Å². The van der Waals surface area contributed by atoms with Gasteiger partial charge in [-0.05, 0) is 83.1 Å². The average molecular weight is 407 g/mol. The molecule has 0 spiro atoms. The van der Waals surface area contributed by atoms with Crippen molar-refractivity contribution >= 4 is 0 Å². The highest BCUT2D eigenvalue weighted by molar-refractivity contribution is 5.24. The van der Waals surface area contributed by atoms with Gasteiger partial charge in [-0.1, -0.05) is 105 Å². The Morgan fingerprint density at radius 1 is 0.833 bits per heavy atom. The number of rotatable bonds is 3. The highest BCUT2D eigenvalue weighted by Crippen LogP contribution is 2.27. The van der Waals surface area contributed by atoms with E-state index in [1.54, 1.807) is 11.1 Å². The average Bonchev–Trinajstić information content (AvgIpc) is 2.70. The van der Waals surface area contributed by atoms with Crippen LogP contribution in [0.3, 0.4) is 0 Å². The monoisotopic (exact) mass is 406 g/mol. The van der Waals surface area contributed by atoms with Crippen molar-refractivity contribution in [1.29, 1.82) is 0 Å². The fourth-order valence-corrected chi connectivity index (χ4v) is 3.60. The van der Waals surface area contributed by atoms with Gasteiger partial charge in [-0.2, -0.15) is 0 Å². The van der Waals surface area contributed by atoms with E-state index in [9.17, 15) is 0 Å². The molecule has 1 aromatic rings. The van der Waals surface area contributed by atoms with Crippen LogP contribution in [0.15, 0.2) is 71.4 Å². The van der Waals surface area contributed by atoms with E-state index in [4.69, 9.17) is 0 Å². The molecule has 1 aromatic carbocycles. The zero-order valence-electron chi connectivity index (χ0n) is 21.0. The summed E-state index contributed by atoms with van der Waals surface area (Å²) in [6.45, 7) is 21.6. The van der Waals surface area contributed by atoms with Crippen LogP contribution >= 0.6 is 0 Å². The maximum absolute atomic E-state index is 3.97. The molecule has 3 rings (SSSR count). The summed E-state index contributed by atoms with van der Waals surface area (Å²) in [5, 5.41) is 0. The van der Waals surface area contributed by atoms with Crippen LogP contribution in [0.4, 0.5) is 0 Å². The highest BCUT2D eigenvalue weighted by atomic mass is 14.2. The van der Waals surface area contributed by atoms with Crippen LogP contribution in [0, 0.1) is 18.8 Å². The van der Waals surface area contributed by atoms with Crippen LogP contribution in [0.2, 0.25) is 0 Å². The first-order chi connectivity index (χ1) is 14.1. The standard InChI is InChI=1S/2C10H16.C10H14/c3*1-8(2)10-6-4-9(3)5-7-10/h4,6,8H,5,7H2,1-3H3;4,10H,1,5-7H2,2-3H3;4-8H,1-3H3. The van der Waals surface area contributed by atoms with Crippen LogP contribution < -0.4 is 0 Å². The van der Waals surface area contributed by atoms with Gasteiger partial charge in [0.1, 0.15) is 0 Å². The van der Waals surface area contributed by atoms with Crippen molar-refractivity contribution in [2.75, 3.05) is 0 Å². The third-order valence-electron chi connectivity index (χ3n) is 6.21. The molecule has 0 saturated heterocycles. The van der Waals surface area contributed by atoms with Crippen molar-refractivity contribution in [2.24, 2.45) is 11.8 Å². The van der Waals surface area contributed by atoms with Gasteiger partial charge in [-0.15, -0.1) is 0 Å². The quantitative estimate of drug-likeness (QED) is 0.438. The number of aryl methyl sites for hydroxylation is 1. The molecule has 0 radical (unpaired) electrons. The second-order valence-electron chi connectivity index (χ2n) is 9.84. The van der Waals surface area contributed by atoms with Crippen molar-refractivity contribution < 1.29 is 0 Å². The molecule has 2 aliphatic carbocycles. The minimum absolute atomic E-state index is 0.653. The lowest BCUT2D eigenvalue weighted by molar-refractivity contribution is 0.540. The van der Waals surface area contributed by atoms with Crippen molar-refractivity contribution in [3.05, 3.63) is 82.5 Å². The van der Waals surface area contributed by atoms with Gasteiger partial charge in [0.25, 0.3) is 0 Å². The zero-order valence-corrected chi connectivity index (χ0v) is 21.0. The van der Waals surface area contributed by atoms with E-state index >= 15 is 0 Å². The van der Waals surface area contributed by atoms with E-state index < -0.39 is 0 Å². The maximum Gasteiger partial charge on any atom is -0.0171 e. The first-order valence-electron chi connectivity index (χ1n) is 11.8. The second-order valence-corrected chi connectivity index (χ2v) is 9.84. The lowest BCUT2D eigenvalue weighted by Crippen LogP contribution is -2.04. The summed E-state index contributed by atoms with van der Waals surface area (Å²) in [4.78, 5) is 0. The molecule has 0 saturated carbocycles. The van der Waals surface area contributed by atoms with Gasteiger partial charge in [0, 0.05) is 0 Å². The topological polar surface area (TPSA) is 0 Å². The molecule has 0 fully saturated rings. The van der Waals surface area contributed by atoms with Crippen molar-refractivity contribution in [1.82, 2.24) is 0 Å². The van der Waals surface area contributed by atoms with E-state index in [1.807, 2.05) is 0 Å². The van der Waals surface area contributed by atoms with Gasteiger partial charge in [0.15, 0.2) is 0 Å². The molecule has 2 aliphatic rings. The minimum atomic E-state index is 0.653. The Bertz CT molecular complexity index is 735. The third kappa shape index (κ3) is 10.3. The summed E-state index contributed by atoms with van der Waals surface area (Å²) in [7, 11) is 0. The van der Waals surface area contributed by atoms with Crippen molar-refractivity contribution in [2.45, 2.75) is 93.4 Å². The highest BCUT2D eigenvalue weighted by Gasteiger charge is 2.11. The smallest absolute Gasteiger partial charge is 0.0171 e. The number of hydrogen-bond donors (Lipinski definition) is 0. The van der Waals surface area contributed by atoms with Crippen molar-refractivity contribution in [3.63, 3.8) is 0 Å². The number of benzene rings is 1. The molecule has 0 heteroatoms. The molecule has 0 nitrogen and oxygen atoms in total. The van der Waals surface area contributed by atoms with Gasteiger partial charge < -0.3 is 0 Å². The third-order valence-corrected chi connectivity index (χ3v) is 6.21. The number of hydrogen-bond acceptors (Lipinski definition) is 0. The fourth-order valence-electron chi connectivity index (χ4n) is 3.60. The second kappa shape index (κ2) is 13.5. The molecule has 30 heavy (non-hydrogen) atoms. The summed E-state index contributed by atoms with van der Waals surface area (Å²) in [5.74, 6) is 2.16. The van der Waals surface area contributed by atoms with Crippen LogP contribution in [0.25, 0.3) is 0 Å². The van der Waals surface area contributed by atoms with Gasteiger partial charge in [-0.3, -0.25) is 0 Å². The van der Waals surface area contributed by atoms with Gasteiger partial charge in [0.2, 0.25) is 0 Å². The first kappa shape index (κ1) is 26.2. The van der Waals surface area contributed by atoms with Gasteiger partial charge in [0.05, 0.1) is 0 Å². The lowest BCUT2D eigenvalue weighted by Gasteiger charge is -2.19. The first-order valence-corrected chi connectivity index (χ1v) is 11.8. The summed E-state index contributed by atoms with van der Waals surface area (Å²) < 4.78 is 0. The summed E-state index contributed by atoms with van der Waals surface area (Å²) in [6.07, 6.45) is 13.2. The molecule has 0 bridgehead atoms. The van der Waals surface area contributed by atoms with E-state index in [2.05, 4.69) is 104 Å². The largest absolute Gasteiger partial charge is 0.0998 e. The van der Waals surface area contributed by atoms with Crippen LogP contribution in [-0.2, 0) is 0 Å². The summed E-state index contributed by atoms with van der Waals surface area (Å²) in [5.41, 5.74) is 8.78. The summed E-state index contributed by atoms with van der Waals surface area (Å²) in [6, 6.07) is 8.71. The Balaban J connectivity index is 0.000000225. The fraction of sp³-hybridized carbons (Fsp3) is 0.533.